The lowest BCUT2D eigenvalue weighted by Crippen LogP contribution is -2.51. The third kappa shape index (κ3) is 12.7. The van der Waals surface area contributed by atoms with Crippen LogP contribution in [0, 0.1) is 52.3 Å². The highest BCUT2D eigenvalue weighted by molar-refractivity contribution is 5.67. The van der Waals surface area contributed by atoms with Gasteiger partial charge in [-0.2, -0.15) is 0 Å². The fourth-order valence-electron chi connectivity index (χ4n) is 10.9. The Morgan fingerprint density at radius 2 is 1.47 bits per heavy atom. The number of hydrogen-bond acceptors (Lipinski definition) is 6. The van der Waals surface area contributed by atoms with Gasteiger partial charge in [-0.05, 0) is 117 Å². The van der Waals surface area contributed by atoms with Crippen LogP contribution in [-0.4, -0.2) is 71.5 Å². The summed E-state index contributed by atoms with van der Waals surface area (Å²) in [6, 6.07) is 0. The van der Waals surface area contributed by atoms with Crippen molar-refractivity contribution in [2.75, 3.05) is 59.3 Å². The van der Waals surface area contributed by atoms with E-state index in [9.17, 15) is 4.79 Å². The molecule has 1 amide bonds. The normalized spacial score (nSPS) is 30.8. The summed E-state index contributed by atoms with van der Waals surface area (Å²) < 4.78 is 22.9. The second kappa shape index (κ2) is 21.7. The average Bonchev–Trinajstić information content (AvgIpc) is 3.45. The summed E-state index contributed by atoms with van der Waals surface area (Å²) in [6.07, 6.45) is 21.0. The number of alkyl carbamates (subject to hydrolysis) is 1. The Morgan fingerprint density at radius 3 is 2.22 bits per heavy atom. The largest absolute Gasteiger partial charge is 0.446 e. The molecule has 4 aliphatic rings. The summed E-state index contributed by atoms with van der Waals surface area (Å²) in [5, 5.41) is 6.39. The monoisotopic (exact) mass is 725 g/mol. The zero-order valence-electron chi connectivity index (χ0n) is 34.2. The summed E-state index contributed by atoms with van der Waals surface area (Å²) in [4.78, 5) is 12.7. The molecule has 2 N–H and O–H groups in total. The van der Waals surface area contributed by atoms with Crippen LogP contribution in [0.3, 0.4) is 0 Å². The smallest absolute Gasteiger partial charge is 0.407 e. The summed E-state index contributed by atoms with van der Waals surface area (Å²) in [7, 11) is 0. The molecular formula is C44H88N2O5. The van der Waals surface area contributed by atoms with E-state index in [0.29, 0.717) is 45.0 Å². The summed E-state index contributed by atoms with van der Waals surface area (Å²) in [5.74, 6) is 5.88. The molecule has 7 heteroatoms. The van der Waals surface area contributed by atoms with Gasteiger partial charge >= 0.3 is 6.09 Å². The number of carbonyl (C=O) groups excluding carboxylic acids is 1. The Hall–Kier alpha value is -1.15. The lowest BCUT2D eigenvalue weighted by atomic mass is 9.47. The van der Waals surface area contributed by atoms with Crippen LogP contribution in [0.1, 0.15) is 150 Å². The van der Waals surface area contributed by atoms with Crippen molar-refractivity contribution in [3.8, 4) is 0 Å². The molecule has 0 aliphatic heterocycles. The minimum Gasteiger partial charge on any atom is -0.446 e. The van der Waals surface area contributed by atoms with Crippen molar-refractivity contribution in [2.45, 2.75) is 151 Å². The molecule has 304 valence electrons. The average molecular weight is 725 g/mol. The van der Waals surface area contributed by atoms with Crippen LogP contribution in [0.5, 0.6) is 0 Å². The molecule has 0 saturated heterocycles. The highest BCUT2D eigenvalue weighted by atomic mass is 16.6. The van der Waals surface area contributed by atoms with E-state index in [-0.39, 0.29) is 23.3 Å². The van der Waals surface area contributed by atoms with Crippen molar-refractivity contribution < 1.29 is 29.4 Å². The van der Waals surface area contributed by atoms with E-state index in [4.69, 9.17) is 18.9 Å². The van der Waals surface area contributed by atoms with E-state index in [1.807, 2.05) is 0 Å². The Labute approximate surface area is 319 Å². The molecule has 0 radical (unpaired) electrons. The molecule has 0 spiro atoms. The SMILES string of the molecule is CC(C)CCCCNCCOCCOCCOCCCNC(=O)OC1CC[C@@]2(C)C(=CC[C@@H]3C2CC[C@@]2(C)C3CC[C@@H]2[C@H](C)CCCC(C)C)C1.[HH].[HH].[HH].[HH]. The number of allylic oxidation sites excluding steroid dienone is 1. The lowest BCUT2D eigenvalue weighted by Gasteiger charge is -2.58. The van der Waals surface area contributed by atoms with Gasteiger partial charge in [0.1, 0.15) is 6.10 Å². The first kappa shape index (κ1) is 42.6. The fourth-order valence-corrected chi connectivity index (χ4v) is 10.9. The van der Waals surface area contributed by atoms with Gasteiger partial charge in [0.2, 0.25) is 0 Å². The van der Waals surface area contributed by atoms with E-state index < -0.39 is 0 Å². The van der Waals surface area contributed by atoms with Gasteiger partial charge in [-0.1, -0.05) is 92.2 Å². The van der Waals surface area contributed by atoms with Crippen LogP contribution >= 0.6 is 0 Å². The molecule has 3 unspecified atom stereocenters. The van der Waals surface area contributed by atoms with Crippen molar-refractivity contribution in [1.82, 2.24) is 10.6 Å². The van der Waals surface area contributed by atoms with Crippen LogP contribution in [0.15, 0.2) is 11.6 Å². The topological polar surface area (TPSA) is 78.0 Å². The number of ether oxygens (including phenoxy) is 4. The molecule has 0 aromatic rings. The highest BCUT2D eigenvalue weighted by Gasteiger charge is 2.59. The molecule has 0 aromatic carbocycles. The maximum absolute atomic E-state index is 12.7. The van der Waals surface area contributed by atoms with Crippen molar-refractivity contribution in [3.63, 3.8) is 0 Å². The van der Waals surface area contributed by atoms with Crippen molar-refractivity contribution in [3.05, 3.63) is 11.6 Å². The van der Waals surface area contributed by atoms with Crippen LogP contribution in [-0.2, 0) is 18.9 Å². The van der Waals surface area contributed by atoms with Gasteiger partial charge in [-0.15, -0.1) is 0 Å². The summed E-state index contributed by atoms with van der Waals surface area (Å²) >= 11 is 0. The van der Waals surface area contributed by atoms with Crippen molar-refractivity contribution >= 4 is 6.09 Å². The molecule has 3 fully saturated rings. The van der Waals surface area contributed by atoms with Crippen LogP contribution < -0.4 is 10.6 Å². The van der Waals surface area contributed by atoms with Crippen LogP contribution in [0.4, 0.5) is 4.79 Å². The second-order valence-electron chi connectivity index (χ2n) is 18.3. The molecule has 8 atom stereocenters. The predicted octanol–water partition coefficient (Wildman–Crippen LogP) is 11.0. The third-order valence-corrected chi connectivity index (χ3v) is 13.8. The van der Waals surface area contributed by atoms with E-state index >= 15 is 0 Å². The fraction of sp³-hybridized carbons (Fsp3) is 0.932. The standard InChI is InChI=1S/C44H80N2O5.4H2/c1-33(2)12-8-9-23-45-25-27-49-29-31-50-30-28-48-26-11-24-46-42(47)51-37-19-21-43(6)36(32-37)15-16-38-40-18-17-39(35(5)14-10-13-34(3)4)44(40,7)22-20-41(38)43;;;;/h15,33-35,37-41,45H,8-14,16-32H2,1-7H3,(H,46,47);4*1H/t35-,37?,38+,39-,40?,41?,43+,44-;;;;/m1..../s1. The van der Waals surface area contributed by atoms with Crippen molar-refractivity contribution in [2.24, 2.45) is 52.3 Å². The number of rotatable bonds is 24. The lowest BCUT2D eigenvalue weighted by molar-refractivity contribution is -0.0581. The Balaban J connectivity index is 0.00000729. The molecule has 0 bridgehead atoms. The van der Waals surface area contributed by atoms with Crippen LogP contribution in [0.2, 0.25) is 0 Å². The molecule has 4 aliphatic carbocycles. The first-order chi connectivity index (χ1) is 24.5. The highest BCUT2D eigenvalue weighted by Crippen LogP contribution is 2.67. The van der Waals surface area contributed by atoms with Gasteiger partial charge in [-0.25, -0.2) is 4.79 Å². The van der Waals surface area contributed by atoms with Gasteiger partial charge < -0.3 is 29.6 Å². The number of amides is 1. The number of hydrogen-bond donors (Lipinski definition) is 2. The van der Waals surface area contributed by atoms with Gasteiger partial charge in [-0.3, -0.25) is 0 Å². The number of fused-ring (bicyclic) bond motifs is 5. The maximum atomic E-state index is 12.7. The first-order valence-electron chi connectivity index (χ1n) is 21.6. The predicted molar refractivity (Wildman–Crippen MR) is 218 cm³/mol. The van der Waals surface area contributed by atoms with E-state index in [2.05, 4.69) is 65.2 Å². The summed E-state index contributed by atoms with van der Waals surface area (Å²) in [5.41, 5.74) is 2.38. The number of nitrogens with one attached hydrogen (secondary N) is 2. The van der Waals surface area contributed by atoms with E-state index in [1.54, 1.807) is 5.57 Å². The van der Waals surface area contributed by atoms with Crippen molar-refractivity contribution in [1.29, 1.82) is 0 Å². The summed E-state index contributed by atoms with van der Waals surface area (Å²) in [6.45, 7) is 23.3. The zero-order chi connectivity index (χ0) is 36.7. The van der Waals surface area contributed by atoms with Crippen LogP contribution in [0.25, 0.3) is 0 Å². The first-order valence-corrected chi connectivity index (χ1v) is 21.6. The Morgan fingerprint density at radius 1 is 0.765 bits per heavy atom. The quantitative estimate of drug-likeness (QED) is 0.0762. The molecule has 51 heavy (non-hydrogen) atoms. The second-order valence-corrected chi connectivity index (χ2v) is 18.3. The Kier molecular flexibility index (Phi) is 18.1. The van der Waals surface area contributed by atoms with E-state index in [1.165, 1.54) is 70.6 Å². The molecule has 4 rings (SSSR count). The number of unbranched alkanes of at least 4 members (excludes halogenated alkanes) is 1. The van der Waals surface area contributed by atoms with Gasteiger partial charge in [0, 0.05) is 31.8 Å². The van der Waals surface area contributed by atoms with E-state index in [0.717, 1.165) is 86.8 Å². The molecule has 3 saturated carbocycles. The van der Waals surface area contributed by atoms with Gasteiger partial charge in [0.15, 0.2) is 0 Å². The third-order valence-electron chi connectivity index (χ3n) is 13.8. The minimum atomic E-state index is -0.282. The minimum absolute atomic E-state index is 0. The molecule has 0 heterocycles. The molecule has 7 nitrogen and oxygen atoms in total. The maximum Gasteiger partial charge on any atom is 0.407 e. The zero-order valence-corrected chi connectivity index (χ0v) is 34.2. The van der Waals surface area contributed by atoms with Gasteiger partial charge in [0.25, 0.3) is 0 Å². The molecule has 0 aromatic heterocycles. The molecular weight excluding hydrogens is 636 g/mol. The number of carbonyl (C=O) groups is 1. The van der Waals surface area contributed by atoms with Gasteiger partial charge in [0.05, 0.1) is 33.0 Å². The Bertz CT molecular complexity index is 1050.